The van der Waals surface area contributed by atoms with Crippen LogP contribution in [0.1, 0.15) is 75.6 Å². The van der Waals surface area contributed by atoms with Crippen molar-refractivity contribution in [2.45, 2.75) is 66.0 Å². The van der Waals surface area contributed by atoms with Crippen molar-refractivity contribution >= 4 is 17.5 Å². The van der Waals surface area contributed by atoms with E-state index in [1.54, 1.807) is 12.1 Å². The number of hydrogen-bond donors (Lipinski definition) is 3. The number of nitrogen functional groups attached to an aromatic ring is 1. The summed E-state index contributed by atoms with van der Waals surface area (Å²) in [6, 6.07) is 10.2. The Hall–Kier alpha value is -3.47. The minimum atomic E-state index is -4.78. The number of alkyl halides is 3. The first kappa shape index (κ1) is 31.5. The SMILES string of the molecule is C=Cc1cc(C(C)C#N)ccc1N.CC.CCCOc1ccc(C(=N)C(F)(F)F)c(O)c1CCC. The molecule has 0 amide bonds. The zero-order valence-electron chi connectivity index (χ0n) is 21.1. The lowest BCUT2D eigenvalue weighted by Gasteiger charge is -2.16. The van der Waals surface area contributed by atoms with Gasteiger partial charge in [-0.05, 0) is 55.2 Å². The van der Waals surface area contributed by atoms with Gasteiger partial charge in [-0.2, -0.15) is 18.4 Å². The number of hydrogen-bond acceptors (Lipinski definition) is 5. The van der Waals surface area contributed by atoms with Crippen LogP contribution in [0.4, 0.5) is 18.9 Å². The van der Waals surface area contributed by atoms with Crippen molar-refractivity contribution in [3.63, 3.8) is 0 Å². The normalized spacial score (nSPS) is 11.1. The summed E-state index contributed by atoms with van der Waals surface area (Å²) in [6.07, 6.45) is -1.29. The molecule has 0 fully saturated rings. The van der Waals surface area contributed by atoms with Crippen LogP contribution in [0.5, 0.6) is 11.5 Å². The minimum Gasteiger partial charge on any atom is -0.507 e. The van der Waals surface area contributed by atoms with Crippen LogP contribution >= 0.6 is 0 Å². The van der Waals surface area contributed by atoms with Gasteiger partial charge in [0.25, 0.3) is 0 Å². The largest absolute Gasteiger partial charge is 0.507 e. The van der Waals surface area contributed by atoms with Crippen molar-refractivity contribution in [3.8, 4) is 17.6 Å². The molecule has 1 atom stereocenters. The Kier molecular flexibility index (Phi) is 13.9. The van der Waals surface area contributed by atoms with Crippen molar-refractivity contribution in [2.75, 3.05) is 12.3 Å². The highest BCUT2D eigenvalue weighted by Gasteiger charge is 2.37. The quantitative estimate of drug-likeness (QED) is 0.261. The van der Waals surface area contributed by atoms with E-state index in [4.69, 9.17) is 21.1 Å². The highest BCUT2D eigenvalue weighted by Crippen LogP contribution is 2.35. The molecular weight excluding hydrogens is 455 g/mol. The first-order chi connectivity index (χ1) is 16.5. The van der Waals surface area contributed by atoms with E-state index < -0.39 is 23.2 Å². The highest BCUT2D eigenvalue weighted by molar-refractivity contribution is 6.04. The topological polar surface area (TPSA) is 103 Å². The molecule has 192 valence electrons. The Morgan fingerprint density at radius 3 is 2.34 bits per heavy atom. The molecule has 0 radical (unpaired) electrons. The van der Waals surface area contributed by atoms with Crippen LogP contribution < -0.4 is 10.5 Å². The molecule has 0 aliphatic carbocycles. The molecule has 0 saturated carbocycles. The number of phenolic OH excluding ortho intramolecular Hbond substituents is 1. The van der Waals surface area contributed by atoms with E-state index in [1.807, 2.05) is 46.8 Å². The van der Waals surface area contributed by atoms with Gasteiger partial charge >= 0.3 is 6.18 Å². The Morgan fingerprint density at radius 1 is 1.23 bits per heavy atom. The molecule has 0 bridgehead atoms. The number of nitrogens with zero attached hydrogens (tertiary/aromatic N) is 1. The minimum absolute atomic E-state index is 0.0979. The lowest BCUT2D eigenvalue weighted by atomic mass is 9.99. The van der Waals surface area contributed by atoms with Crippen LogP contribution in [-0.2, 0) is 6.42 Å². The number of nitriles is 1. The smallest absolute Gasteiger partial charge is 0.433 e. The number of nitrogens with two attached hydrogens (primary N) is 1. The summed E-state index contributed by atoms with van der Waals surface area (Å²) >= 11 is 0. The first-order valence-electron chi connectivity index (χ1n) is 11.6. The molecule has 0 spiro atoms. The number of anilines is 1. The van der Waals surface area contributed by atoms with Gasteiger partial charge in [0.05, 0.1) is 18.6 Å². The third-order valence-corrected chi connectivity index (χ3v) is 4.78. The summed E-state index contributed by atoms with van der Waals surface area (Å²) in [4.78, 5) is 0. The lowest BCUT2D eigenvalue weighted by Crippen LogP contribution is -2.23. The van der Waals surface area contributed by atoms with Gasteiger partial charge in [0.2, 0.25) is 0 Å². The fraction of sp³-hybridized carbons (Fsp3) is 0.407. The molecule has 0 aliphatic rings. The average molecular weight is 492 g/mol. The maximum atomic E-state index is 12.6. The zero-order valence-corrected chi connectivity index (χ0v) is 21.1. The maximum Gasteiger partial charge on any atom is 0.433 e. The van der Waals surface area contributed by atoms with E-state index in [0.29, 0.717) is 36.4 Å². The van der Waals surface area contributed by atoms with Crippen LogP contribution in [0.2, 0.25) is 0 Å². The van der Waals surface area contributed by atoms with E-state index in [0.717, 1.165) is 23.6 Å². The summed E-state index contributed by atoms with van der Waals surface area (Å²) in [5.41, 5.74) is 6.52. The Balaban J connectivity index is 0.000000665. The molecular formula is C27H36F3N3O2. The van der Waals surface area contributed by atoms with Crippen LogP contribution in [0.15, 0.2) is 36.9 Å². The summed E-state index contributed by atoms with van der Waals surface area (Å²) in [6.45, 7) is 13.7. The maximum absolute atomic E-state index is 12.6. The molecule has 1 unspecified atom stereocenters. The van der Waals surface area contributed by atoms with Crippen molar-refractivity contribution in [1.82, 2.24) is 0 Å². The number of nitrogens with one attached hydrogen (secondary N) is 1. The van der Waals surface area contributed by atoms with Crippen molar-refractivity contribution in [1.29, 1.82) is 10.7 Å². The van der Waals surface area contributed by atoms with Gasteiger partial charge in [-0.1, -0.05) is 52.8 Å². The van der Waals surface area contributed by atoms with E-state index in [2.05, 4.69) is 12.6 Å². The molecule has 0 saturated heterocycles. The second-order valence-electron chi connectivity index (χ2n) is 7.35. The summed E-state index contributed by atoms with van der Waals surface area (Å²) in [7, 11) is 0. The number of aromatic hydroxyl groups is 1. The molecule has 35 heavy (non-hydrogen) atoms. The second kappa shape index (κ2) is 15.4. The zero-order chi connectivity index (χ0) is 27.2. The molecule has 0 aliphatic heterocycles. The fourth-order valence-corrected chi connectivity index (χ4v) is 2.92. The van der Waals surface area contributed by atoms with Crippen molar-refractivity contribution in [3.05, 3.63) is 59.2 Å². The number of ether oxygens (including phenoxy) is 1. The van der Waals surface area contributed by atoms with Gasteiger partial charge in [-0.25, -0.2) is 0 Å². The van der Waals surface area contributed by atoms with Crippen LogP contribution in [0.3, 0.4) is 0 Å². The molecule has 4 N–H and O–H groups in total. The van der Waals surface area contributed by atoms with Gasteiger partial charge in [-0.3, -0.25) is 5.41 Å². The summed E-state index contributed by atoms with van der Waals surface area (Å²) in [5.74, 6) is -0.230. The fourth-order valence-electron chi connectivity index (χ4n) is 2.92. The predicted octanol–water partition coefficient (Wildman–Crippen LogP) is 7.63. The Morgan fingerprint density at radius 2 is 1.86 bits per heavy atom. The highest BCUT2D eigenvalue weighted by atomic mass is 19.4. The Bertz CT molecular complexity index is 1010. The number of rotatable bonds is 8. The monoisotopic (exact) mass is 491 g/mol. The lowest BCUT2D eigenvalue weighted by molar-refractivity contribution is -0.0588. The van der Waals surface area contributed by atoms with Crippen molar-refractivity contribution in [2.24, 2.45) is 0 Å². The predicted molar refractivity (Wildman–Crippen MR) is 137 cm³/mol. The molecule has 2 aromatic carbocycles. The van der Waals surface area contributed by atoms with E-state index in [1.165, 1.54) is 6.07 Å². The molecule has 2 rings (SSSR count). The first-order valence-corrected chi connectivity index (χ1v) is 11.6. The second-order valence-corrected chi connectivity index (χ2v) is 7.35. The molecule has 2 aromatic rings. The summed E-state index contributed by atoms with van der Waals surface area (Å²) in [5, 5.41) is 25.9. The van der Waals surface area contributed by atoms with Crippen LogP contribution in [0, 0.1) is 16.7 Å². The van der Waals surface area contributed by atoms with Crippen LogP contribution in [0.25, 0.3) is 6.08 Å². The molecule has 8 heteroatoms. The Labute approximate surface area is 206 Å². The third-order valence-electron chi connectivity index (χ3n) is 4.78. The number of phenols is 1. The van der Waals surface area contributed by atoms with Gasteiger partial charge < -0.3 is 15.6 Å². The standard InChI is InChI=1S/C14H18F3NO2.C11H12N2.C2H6/c1-3-5-9-11(20-8-4-2)7-6-10(12(9)19)13(18)14(15,16)17;1-3-9-6-10(8(2)7-12)4-5-11(9)13;1-2/h6-7,18-19H,3-5,8H2,1-2H3;3-6,8H,1,13H2,2H3;1-2H3. The number of benzene rings is 2. The number of halogens is 3. The molecule has 5 nitrogen and oxygen atoms in total. The van der Waals surface area contributed by atoms with Gasteiger partial charge in [-0.15, -0.1) is 0 Å². The van der Waals surface area contributed by atoms with E-state index in [-0.39, 0.29) is 5.92 Å². The van der Waals surface area contributed by atoms with Gasteiger partial charge in [0, 0.05) is 16.8 Å². The third kappa shape index (κ3) is 9.36. The van der Waals surface area contributed by atoms with Gasteiger partial charge in [0.15, 0.2) is 0 Å². The molecule has 0 heterocycles. The van der Waals surface area contributed by atoms with Gasteiger partial charge in [0.1, 0.15) is 17.2 Å². The summed E-state index contributed by atoms with van der Waals surface area (Å²) < 4.78 is 43.1. The molecule has 0 aromatic heterocycles. The average Bonchev–Trinajstić information content (AvgIpc) is 2.85. The van der Waals surface area contributed by atoms with E-state index in [9.17, 15) is 18.3 Å². The van der Waals surface area contributed by atoms with E-state index >= 15 is 0 Å². The van der Waals surface area contributed by atoms with Crippen molar-refractivity contribution < 1.29 is 23.0 Å². The van der Waals surface area contributed by atoms with Crippen LogP contribution in [-0.4, -0.2) is 23.6 Å².